The van der Waals surface area contributed by atoms with Crippen LogP contribution in [0.15, 0.2) is 54.9 Å². The lowest BCUT2D eigenvalue weighted by molar-refractivity contribution is 0.0323. The maximum atomic E-state index is 13.4. The van der Waals surface area contributed by atoms with Crippen LogP contribution in [-0.2, 0) is 11.3 Å². The number of urea groups is 1. The molecule has 0 spiro atoms. The molecular formula is C27H35N5O5. The first-order valence-corrected chi connectivity index (χ1v) is 12.5. The van der Waals surface area contributed by atoms with Crippen LogP contribution < -0.4 is 14.8 Å². The van der Waals surface area contributed by atoms with Crippen molar-refractivity contribution in [3.63, 3.8) is 0 Å². The third-order valence-electron chi connectivity index (χ3n) is 6.20. The summed E-state index contributed by atoms with van der Waals surface area (Å²) in [6, 6.07) is 13.0. The SMILES string of the molecule is COc1cccc(CN(CCCO)C(=O)Nc2ccc(-c3cn[nH]c3)cc2OCCN2CCOCC2)c1. The van der Waals surface area contributed by atoms with Crippen molar-refractivity contribution in [3.8, 4) is 22.6 Å². The van der Waals surface area contributed by atoms with Gasteiger partial charge in [-0.3, -0.25) is 10.00 Å². The van der Waals surface area contributed by atoms with E-state index in [2.05, 4.69) is 20.4 Å². The number of methoxy groups -OCH3 is 1. The summed E-state index contributed by atoms with van der Waals surface area (Å²) in [4.78, 5) is 17.3. The van der Waals surface area contributed by atoms with Gasteiger partial charge in [-0.1, -0.05) is 18.2 Å². The Bertz CT molecular complexity index is 1120. The Labute approximate surface area is 217 Å². The van der Waals surface area contributed by atoms with E-state index in [1.807, 2.05) is 48.7 Å². The number of H-pyrrole nitrogens is 1. The van der Waals surface area contributed by atoms with Crippen molar-refractivity contribution in [3.05, 3.63) is 60.4 Å². The van der Waals surface area contributed by atoms with Crippen LogP contribution in [0.3, 0.4) is 0 Å². The van der Waals surface area contributed by atoms with E-state index in [0.29, 0.717) is 37.6 Å². The lowest BCUT2D eigenvalue weighted by atomic mass is 10.1. The number of aliphatic hydroxyl groups excluding tert-OH is 1. The summed E-state index contributed by atoms with van der Waals surface area (Å²) < 4.78 is 16.9. The first-order chi connectivity index (χ1) is 18.2. The molecule has 2 heterocycles. The zero-order valence-electron chi connectivity index (χ0n) is 21.2. The Kier molecular flexibility index (Phi) is 9.75. The summed E-state index contributed by atoms with van der Waals surface area (Å²) in [5.74, 6) is 1.31. The van der Waals surface area contributed by atoms with Crippen LogP contribution in [0, 0.1) is 0 Å². The largest absolute Gasteiger partial charge is 0.497 e. The minimum absolute atomic E-state index is 0.00279. The van der Waals surface area contributed by atoms with Gasteiger partial charge in [-0.15, -0.1) is 0 Å². The average Bonchev–Trinajstić information content (AvgIpc) is 3.48. The topological polar surface area (TPSA) is 112 Å². The molecule has 4 rings (SSSR count). The third kappa shape index (κ3) is 7.69. The lowest BCUT2D eigenvalue weighted by Gasteiger charge is -2.27. The number of benzene rings is 2. The number of hydrogen-bond acceptors (Lipinski definition) is 7. The minimum atomic E-state index is -0.273. The molecule has 0 radical (unpaired) electrons. The monoisotopic (exact) mass is 509 g/mol. The van der Waals surface area contributed by atoms with Crippen molar-refractivity contribution >= 4 is 11.7 Å². The van der Waals surface area contributed by atoms with Crippen LogP contribution >= 0.6 is 0 Å². The number of aromatic amines is 1. The molecule has 10 heteroatoms. The smallest absolute Gasteiger partial charge is 0.322 e. The second kappa shape index (κ2) is 13.6. The Morgan fingerprint density at radius 1 is 1.22 bits per heavy atom. The molecule has 0 unspecified atom stereocenters. The number of nitrogens with zero attached hydrogens (tertiary/aromatic N) is 3. The molecule has 0 aliphatic carbocycles. The van der Waals surface area contributed by atoms with E-state index >= 15 is 0 Å². The van der Waals surface area contributed by atoms with Crippen LogP contribution in [0.5, 0.6) is 11.5 Å². The molecule has 1 aliphatic heterocycles. The van der Waals surface area contributed by atoms with Crippen LogP contribution in [0.25, 0.3) is 11.1 Å². The van der Waals surface area contributed by atoms with Crippen molar-refractivity contribution in [2.24, 2.45) is 0 Å². The van der Waals surface area contributed by atoms with E-state index in [4.69, 9.17) is 14.2 Å². The van der Waals surface area contributed by atoms with E-state index in [-0.39, 0.29) is 12.6 Å². The summed E-state index contributed by atoms with van der Waals surface area (Å²) in [6.07, 6.45) is 4.03. The van der Waals surface area contributed by atoms with Gasteiger partial charge in [-0.05, 0) is 41.8 Å². The standard InChI is InChI=1S/C27H35N5O5/c1-35-24-5-2-4-21(16-24)20-32(8-3-12-33)27(34)30-25-7-6-22(23-18-28-29-19-23)17-26(25)37-15-11-31-9-13-36-14-10-31/h2,4-7,16-19,33H,3,8-15,20H2,1H3,(H,28,29)(H,30,34). The molecule has 1 fully saturated rings. The van der Waals surface area contributed by atoms with Gasteiger partial charge in [0.1, 0.15) is 18.1 Å². The molecule has 3 aromatic rings. The molecule has 3 N–H and O–H groups in total. The number of carbonyl (C=O) groups excluding carboxylic acids is 1. The zero-order chi connectivity index (χ0) is 25.9. The maximum absolute atomic E-state index is 13.4. The number of amides is 2. The third-order valence-corrected chi connectivity index (χ3v) is 6.20. The predicted octanol–water partition coefficient (Wildman–Crippen LogP) is 3.21. The van der Waals surface area contributed by atoms with E-state index in [9.17, 15) is 9.90 Å². The van der Waals surface area contributed by atoms with Gasteiger partial charge < -0.3 is 29.5 Å². The highest BCUT2D eigenvalue weighted by Gasteiger charge is 2.18. The zero-order valence-corrected chi connectivity index (χ0v) is 21.2. The average molecular weight is 510 g/mol. The molecule has 0 atom stereocenters. The van der Waals surface area contributed by atoms with Gasteiger partial charge in [0, 0.05) is 51.1 Å². The number of aliphatic hydroxyl groups is 1. The van der Waals surface area contributed by atoms with E-state index in [1.165, 1.54) is 0 Å². The highest BCUT2D eigenvalue weighted by molar-refractivity contribution is 5.91. The van der Waals surface area contributed by atoms with Crippen LogP contribution in [0.4, 0.5) is 10.5 Å². The summed E-state index contributed by atoms with van der Waals surface area (Å²) in [5, 5.41) is 19.3. The highest BCUT2D eigenvalue weighted by Crippen LogP contribution is 2.31. The first kappa shape index (κ1) is 26.5. The van der Waals surface area contributed by atoms with Crippen LogP contribution in [0.2, 0.25) is 0 Å². The first-order valence-electron chi connectivity index (χ1n) is 12.5. The van der Waals surface area contributed by atoms with Gasteiger partial charge in [0.15, 0.2) is 0 Å². The predicted molar refractivity (Wildman–Crippen MR) is 141 cm³/mol. The van der Waals surface area contributed by atoms with Crippen molar-refractivity contribution in [2.45, 2.75) is 13.0 Å². The van der Waals surface area contributed by atoms with Gasteiger partial charge in [0.2, 0.25) is 0 Å². The lowest BCUT2D eigenvalue weighted by Crippen LogP contribution is -2.38. The molecule has 198 valence electrons. The van der Waals surface area contributed by atoms with Crippen molar-refractivity contribution in [1.29, 1.82) is 0 Å². The molecule has 1 aromatic heterocycles. The molecular weight excluding hydrogens is 474 g/mol. The van der Waals surface area contributed by atoms with Crippen LogP contribution in [0.1, 0.15) is 12.0 Å². The van der Waals surface area contributed by atoms with Crippen molar-refractivity contribution < 1.29 is 24.1 Å². The molecule has 0 saturated carbocycles. The summed E-state index contributed by atoms with van der Waals surface area (Å²) in [6.45, 7) is 5.25. The fourth-order valence-electron chi connectivity index (χ4n) is 4.14. The number of carbonyl (C=O) groups is 1. The molecule has 10 nitrogen and oxygen atoms in total. The van der Waals surface area contributed by atoms with Crippen molar-refractivity contribution in [1.82, 2.24) is 20.0 Å². The number of ether oxygens (including phenoxy) is 3. The van der Waals surface area contributed by atoms with Gasteiger partial charge in [0.25, 0.3) is 0 Å². The summed E-state index contributed by atoms with van der Waals surface area (Å²) in [5.41, 5.74) is 3.38. The molecule has 37 heavy (non-hydrogen) atoms. The molecule has 0 bridgehead atoms. The molecule has 1 saturated heterocycles. The van der Waals surface area contributed by atoms with E-state index < -0.39 is 0 Å². The Hall–Kier alpha value is -3.60. The quantitative estimate of drug-likeness (QED) is 0.344. The summed E-state index contributed by atoms with van der Waals surface area (Å²) in [7, 11) is 1.61. The molecule has 1 aliphatic rings. The maximum Gasteiger partial charge on any atom is 0.322 e. The number of aromatic nitrogens is 2. The van der Waals surface area contributed by atoms with Gasteiger partial charge in [-0.2, -0.15) is 5.10 Å². The number of hydrogen-bond donors (Lipinski definition) is 3. The van der Waals surface area contributed by atoms with E-state index in [1.54, 1.807) is 18.2 Å². The number of rotatable bonds is 12. The molecule has 2 aromatic carbocycles. The second-order valence-electron chi connectivity index (χ2n) is 8.78. The van der Waals surface area contributed by atoms with Gasteiger partial charge in [-0.25, -0.2) is 4.79 Å². The highest BCUT2D eigenvalue weighted by atomic mass is 16.5. The number of anilines is 1. The Balaban J connectivity index is 1.49. The number of nitrogens with one attached hydrogen (secondary N) is 2. The van der Waals surface area contributed by atoms with Gasteiger partial charge in [0.05, 0.1) is 32.2 Å². The van der Waals surface area contributed by atoms with E-state index in [0.717, 1.165) is 55.3 Å². The van der Waals surface area contributed by atoms with Crippen molar-refractivity contribution in [2.75, 3.05) is 65.0 Å². The Morgan fingerprint density at radius 2 is 2.08 bits per heavy atom. The minimum Gasteiger partial charge on any atom is -0.497 e. The second-order valence-corrected chi connectivity index (χ2v) is 8.78. The fraction of sp³-hybridized carbons (Fsp3) is 0.407. The summed E-state index contributed by atoms with van der Waals surface area (Å²) >= 11 is 0. The normalized spacial score (nSPS) is 13.8. The van der Waals surface area contributed by atoms with Gasteiger partial charge >= 0.3 is 6.03 Å². The fourth-order valence-corrected chi connectivity index (χ4v) is 4.14. The van der Waals surface area contributed by atoms with Crippen LogP contribution in [-0.4, -0.2) is 90.9 Å². The Morgan fingerprint density at radius 3 is 2.84 bits per heavy atom. The molecule has 2 amide bonds. The number of morpholine rings is 1.